The van der Waals surface area contributed by atoms with E-state index in [2.05, 4.69) is 10.3 Å². The molecule has 1 saturated heterocycles. The molecule has 2 heterocycles. The van der Waals surface area contributed by atoms with Crippen molar-refractivity contribution in [2.45, 2.75) is 6.42 Å². The number of carbonyl (C=O) groups is 1. The molecule has 1 N–H and O–H groups in total. The van der Waals surface area contributed by atoms with Gasteiger partial charge in [-0.05, 0) is 60.3 Å². The lowest BCUT2D eigenvalue weighted by Gasteiger charge is -2.18. The molecule has 2 aromatic carbocycles. The molecule has 0 atom stereocenters. The lowest BCUT2D eigenvalue weighted by atomic mass is 10.1. The molecule has 0 radical (unpaired) electrons. The van der Waals surface area contributed by atoms with E-state index in [1.54, 1.807) is 48.6 Å². The Bertz CT molecular complexity index is 1060. The SMILES string of the molecule is O=C(Nc1cc(Cl)cc(-c2cccnc2)c1)c1cc(N2CCCS2)cc(F)c1Cl. The highest BCUT2D eigenvalue weighted by atomic mass is 35.5. The number of carbonyl (C=O) groups excluding carboxylic acids is 1. The van der Waals surface area contributed by atoms with Crippen LogP contribution in [0.3, 0.4) is 0 Å². The van der Waals surface area contributed by atoms with Crippen LogP contribution < -0.4 is 9.62 Å². The molecule has 148 valence electrons. The number of nitrogens with one attached hydrogen (secondary N) is 1. The predicted octanol–water partition coefficient (Wildman–Crippen LogP) is 6.31. The van der Waals surface area contributed by atoms with Crippen LogP contribution in [-0.4, -0.2) is 23.2 Å². The Hall–Kier alpha value is -2.28. The van der Waals surface area contributed by atoms with Crippen LogP contribution in [0.2, 0.25) is 10.0 Å². The van der Waals surface area contributed by atoms with Gasteiger partial charge in [-0.3, -0.25) is 9.78 Å². The minimum absolute atomic E-state index is 0.0806. The molecular formula is C21H16Cl2FN3OS. The van der Waals surface area contributed by atoms with Crippen molar-refractivity contribution < 1.29 is 9.18 Å². The fourth-order valence-electron chi connectivity index (χ4n) is 3.10. The van der Waals surface area contributed by atoms with E-state index in [-0.39, 0.29) is 10.6 Å². The smallest absolute Gasteiger partial charge is 0.257 e. The van der Waals surface area contributed by atoms with Gasteiger partial charge in [0.1, 0.15) is 5.82 Å². The van der Waals surface area contributed by atoms with Crippen LogP contribution in [0.5, 0.6) is 0 Å². The molecule has 1 fully saturated rings. The predicted molar refractivity (Wildman–Crippen MR) is 118 cm³/mol. The summed E-state index contributed by atoms with van der Waals surface area (Å²) < 4.78 is 16.3. The first-order valence-corrected chi connectivity index (χ1v) is 10.6. The number of hydrogen-bond donors (Lipinski definition) is 1. The number of pyridine rings is 1. The Morgan fingerprint density at radius 1 is 1.17 bits per heavy atom. The third-order valence-corrected chi connectivity index (χ3v) is 6.23. The largest absolute Gasteiger partial charge is 0.322 e. The zero-order valence-corrected chi connectivity index (χ0v) is 17.5. The van der Waals surface area contributed by atoms with Gasteiger partial charge in [-0.25, -0.2) is 4.39 Å². The zero-order valence-electron chi connectivity index (χ0n) is 15.2. The van der Waals surface area contributed by atoms with Crippen LogP contribution in [0, 0.1) is 5.82 Å². The second-order valence-corrected chi connectivity index (χ2v) is 8.42. The molecular weight excluding hydrogens is 432 g/mol. The number of nitrogens with zero attached hydrogens (tertiary/aromatic N) is 2. The highest BCUT2D eigenvalue weighted by Crippen LogP contribution is 2.34. The first kappa shape index (κ1) is 20.0. The molecule has 4 rings (SSSR count). The molecule has 0 saturated carbocycles. The van der Waals surface area contributed by atoms with Gasteiger partial charge in [-0.15, -0.1) is 0 Å². The maximum Gasteiger partial charge on any atom is 0.257 e. The quantitative estimate of drug-likeness (QED) is 0.476. The molecule has 8 heteroatoms. The summed E-state index contributed by atoms with van der Waals surface area (Å²) in [6, 6.07) is 11.9. The van der Waals surface area contributed by atoms with E-state index in [0.717, 1.165) is 29.8 Å². The summed E-state index contributed by atoms with van der Waals surface area (Å²) >= 11 is 13.9. The fourth-order valence-corrected chi connectivity index (χ4v) is 4.52. The van der Waals surface area contributed by atoms with E-state index in [0.29, 0.717) is 16.4 Å². The lowest BCUT2D eigenvalue weighted by molar-refractivity contribution is 0.102. The molecule has 0 spiro atoms. The van der Waals surface area contributed by atoms with Crippen molar-refractivity contribution in [2.24, 2.45) is 0 Å². The van der Waals surface area contributed by atoms with E-state index in [4.69, 9.17) is 23.2 Å². The lowest BCUT2D eigenvalue weighted by Crippen LogP contribution is -2.15. The summed E-state index contributed by atoms with van der Waals surface area (Å²) in [5.41, 5.74) is 2.86. The topological polar surface area (TPSA) is 45.2 Å². The molecule has 0 unspecified atom stereocenters. The maximum absolute atomic E-state index is 14.4. The van der Waals surface area contributed by atoms with Gasteiger partial charge in [-0.1, -0.05) is 29.3 Å². The fraction of sp³-hybridized carbons (Fsp3) is 0.143. The van der Waals surface area contributed by atoms with Gasteiger partial charge in [0.25, 0.3) is 5.91 Å². The van der Waals surface area contributed by atoms with Crippen molar-refractivity contribution in [1.82, 2.24) is 4.98 Å². The van der Waals surface area contributed by atoms with Crippen LogP contribution in [0.4, 0.5) is 15.8 Å². The summed E-state index contributed by atoms with van der Waals surface area (Å²) in [7, 11) is 0. The molecule has 1 aliphatic heterocycles. The van der Waals surface area contributed by atoms with Crippen molar-refractivity contribution in [3.05, 3.63) is 76.3 Å². The average molecular weight is 448 g/mol. The molecule has 1 amide bonds. The third-order valence-electron chi connectivity index (χ3n) is 4.45. The summed E-state index contributed by atoms with van der Waals surface area (Å²) in [6.45, 7) is 0.801. The normalized spacial score (nSPS) is 13.6. The van der Waals surface area contributed by atoms with E-state index in [1.165, 1.54) is 6.07 Å². The Morgan fingerprint density at radius 2 is 2.03 bits per heavy atom. The van der Waals surface area contributed by atoms with Crippen molar-refractivity contribution in [2.75, 3.05) is 21.9 Å². The summed E-state index contributed by atoms with van der Waals surface area (Å²) in [4.78, 5) is 17.0. The van der Waals surface area contributed by atoms with Crippen molar-refractivity contribution in [3.8, 4) is 11.1 Å². The van der Waals surface area contributed by atoms with Crippen molar-refractivity contribution in [3.63, 3.8) is 0 Å². The van der Waals surface area contributed by atoms with Gasteiger partial charge >= 0.3 is 0 Å². The van der Waals surface area contributed by atoms with Gasteiger partial charge in [0.05, 0.1) is 16.3 Å². The molecule has 0 bridgehead atoms. The van der Waals surface area contributed by atoms with Crippen molar-refractivity contribution >= 4 is 52.4 Å². The summed E-state index contributed by atoms with van der Waals surface area (Å²) in [6.07, 6.45) is 4.40. The van der Waals surface area contributed by atoms with Gasteiger partial charge in [0, 0.05) is 41.0 Å². The number of anilines is 2. The van der Waals surface area contributed by atoms with E-state index < -0.39 is 11.7 Å². The van der Waals surface area contributed by atoms with E-state index in [1.807, 2.05) is 16.4 Å². The maximum atomic E-state index is 14.4. The zero-order chi connectivity index (χ0) is 20.4. The van der Waals surface area contributed by atoms with E-state index in [9.17, 15) is 9.18 Å². The Labute approximate surface area is 182 Å². The minimum atomic E-state index is -0.621. The molecule has 1 aromatic heterocycles. The highest BCUT2D eigenvalue weighted by molar-refractivity contribution is 8.00. The van der Waals surface area contributed by atoms with Crippen LogP contribution in [0.15, 0.2) is 54.9 Å². The summed E-state index contributed by atoms with van der Waals surface area (Å²) in [5, 5.41) is 3.03. The van der Waals surface area contributed by atoms with Crippen LogP contribution in [0.25, 0.3) is 11.1 Å². The third kappa shape index (κ3) is 4.50. The number of halogens is 3. The van der Waals surface area contributed by atoms with Crippen LogP contribution >= 0.6 is 35.1 Å². The second-order valence-electron chi connectivity index (χ2n) is 6.50. The van der Waals surface area contributed by atoms with Crippen LogP contribution in [0.1, 0.15) is 16.8 Å². The summed E-state index contributed by atoms with van der Waals surface area (Å²) in [5.74, 6) is -0.158. The molecule has 3 aromatic rings. The number of amides is 1. The first-order chi connectivity index (χ1) is 14.0. The monoisotopic (exact) mass is 447 g/mol. The number of hydrogen-bond acceptors (Lipinski definition) is 4. The molecule has 1 aliphatic rings. The van der Waals surface area contributed by atoms with Gasteiger partial charge in [0.2, 0.25) is 0 Å². The molecule has 0 aliphatic carbocycles. The standard InChI is InChI=1S/C21H16Cl2FN3OS/c22-15-7-14(13-3-1-4-25-12-13)8-16(9-15)26-21(28)18-10-17(11-19(24)20(18)23)27-5-2-6-29-27/h1,3-4,7-12H,2,5-6H2,(H,26,28). The second kappa shape index (κ2) is 8.61. The Balaban J connectivity index is 1.64. The molecule has 4 nitrogen and oxygen atoms in total. The number of aromatic nitrogens is 1. The Morgan fingerprint density at radius 3 is 2.76 bits per heavy atom. The van der Waals surface area contributed by atoms with Crippen molar-refractivity contribution in [1.29, 1.82) is 0 Å². The Kier molecular flexibility index (Phi) is 5.94. The van der Waals surface area contributed by atoms with Gasteiger partial charge in [0.15, 0.2) is 0 Å². The number of rotatable bonds is 4. The van der Waals surface area contributed by atoms with E-state index >= 15 is 0 Å². The van der Waals surface area contributed by atoms with Crippen LogP contribution in [-0.2, 0) is 0 Å². The van der Waals surface area contributed by atoms with Gasteiger partial charge in [-0.2, -0.15) is 0 Å². The first-order valence-electron chi connectivity index (χ1n) is 8.93. The highest BCUT2D eigenvalue weighted by Gasteiger charge is 2.21. The average Bonchev–Trinajstić information content (AvgIpc) is 3.25. The number of benzene rings is 2. The van der Waals surface area contributed by atoms with Gasteiger partial charge < -0.3 is 9.62 Å². The minimum Gasteiger partial charge on any atom is -0.322 e. The molecule has 29 heavy (non-hydrogen) atoms.